The van der Waals surface area contributed by atoms with E-state index in [0.29, 0.717) is 0 Å². The summed E-state index contributed by atoms with van der Waals surface area (Å²) < 4.78 is 0. The molecule has 0 saturated carbocycles. The highest BCUT2D eigenvalue weighted by Gasteiger charge is 2.40. The fourth-order valence-corrected chi connectivity index (χ4v) is 5.87. The summed E-state index contributed by atoms with van der Waals surface area (Å²) in [6, 6.07) is 35.4. The molecular formula is C26H23NS. The predicted molar refractivity (Wildman–Crippen MR) is 118 cm³/mol. The molecule has 0 unspecified atom stereocenters. The molecule has 3 aromatic carbocycles. The number of rotatable bonds is 4. The van der Waals surface area contributed by atoms with Crippen LogP contribution in [0, 0.1) is 0 Å². The molecule has 1 aliphatic heterocycles. The van der Waals surface area contributed by atoms with Gasteiger partial charge in [0.15, 0.2) is 0 Å². The van der Waals surface area contributed by atoms with Crippen LogP contribution < -0.4 is 5.32 Å². The summed E-state index contributed by atoms with van der Waals surface area (Å²) in [4.78, 5) is 2.94. The zero-order valence-electron chi connectivity index (χ0n) is 15.8. The summed E-state index contributed by atoms with van der Waals surface area (Å²) in [5, 5.41) is 3.53. The van der Waals surface area contributed by atoms with Crippen molar-refractivity contribution >= 4 is 11.3 Å². The monoisotopic (exact) mass is 381 g/mol. The smallest absolute Gasteiger partial charge is 0.0795 e. The van der Waals surface area contributed by atoms with Gasteiger partial charge in [0, 0.05) is 22.8 Å². The Balaban J connectivity index is 1.86. The van der Waals surface area contributed by atoms with Crippen molar-refractivity contribution in [3.05, 3.63) is 129 Å². The molecule has 0 aliphatic carbocycles. The summed E-state index contributed by atoms with van der Waals surface area (Å²) in [5.41, 5.74) is 5.11. The maximum Gasteiger partial charge on any atom is 0.0795 e. The second-order valence-electron chi connectivity index (χ2n) is 7.33. The molecule has 0 fully saturated rings. The topological polar surface area (TPSA) is 12.0 Å². The molecule has 138 valence electrons. The van der Waals surface area contributed by atoms with E-state index in [1.54, 1.807) is 0 Å². The summed E-state index contributed by atoms with van der Waals surface area (Å²) in [6.07, 6.45) is 1.12. The zero-order valence-corrected chi connectivity index (χ0v) is 16.6. The first-order valence-corrected chi connectivity index (χ1v) is 10.7. The van der Waals surface area contributed by atoms with E-state index in [-0.39, 0.29) is 5.41 Å². The Morgan fingerprint density at radius 2 is 1.18 bits per heavy atom. The quantitative estimate of drug-likeness (QED) is 0.442. The number of nitrogens with one attached hydrogen (secondary N) is 1. The molecule has 0 bridgehead atoms. The highest BCUT2D eigenvalue weighted by atomic mass is 32.1. The van der Waals surface area contributed by atoms with Crippen molar-refractivity contribution in [3.63, 3.8) is 0 Å². The van der Waals surface area contributed by atoms with Crippen LogP contribution in [0.5, 0.6) is 0 Å². The standard InChI is InChI=1S/C26H23NS/c1-4-10-21(11-5-1)26(22-12-6-2-7-13-22,23-14-8-3-9-15-23)25-18-20-19-27-17-16-24(20)28-25/h1-15,18,27H,16-17,19H2. The highest BCUT2D eigenvalue weighted by Crippen LogP contribution is 2.48. The van der Waals surface area contributed by atoms with Crippen LogP contribution >= 0.6 is 11.3 Å². The third-order valence-corrected chi connectivity index (χ3v) is 7.09. The normalized spacial score (nSPS) is 13.9. The van der Waals surface area contributed by atoms with E-state index >= 15 is 0 Å². The average molecular weight is 382 g/mol. The number of hydrogen-bond donors (Lipinski definition) is 1. The Morgan fingerprint density at radius 3 is 1.64 bits per heavy atom. The number of fused-ring (bicyclic) bond motifs is 1. The maximum absolute atomic E-state index is 3.53. The van der Waals surface area contributed by atoms with Crippen molar-refractivity contribution in [2.24, 2.45) is 0 Å². The number of benzene rings is 3. The summed E-state index contributed by atoms with van der Waals surface area (Å²) in [5.74, 6) is 0. The lowest BCUT2D eigenvalue weighted by Crippen LogP contribution is -2.30. The molecule has 4 aromatic rings. The van der Waals surface area contributed by atoms with Gasteiger partial charge < -0.3 is 5.32 Å². The Labute approximate surface area is 170 Å². The lowest BCUT2D eigenvalue weighted by Gasteiger charge is -2.35. The molecule has 0 atom stereocenters. The van der Waals surface area contributed by atoms with Crippen molar-refractivity contribution < 1.29 is 0 Å². The SMILES string of the molecule is c1ccc(C(c2ccccc2)(c2ccccc2)c2cc3c(s2)CCNC3)cc1. The maximum atomic E-state index is 3.53. The lowest BCUT2D eigenvalue weighted by molar-refractivity contribution is 0.652. The van der Waals surface area contributed by atoms with Gasteiger partial charge in [0.25, 0.3) is 0 Å². The Kier molecular flexibility index (Phi) is 4.59. The van der Waals surface area contributed by atoms with Crippen molar-refractivity contribution in [1.29, 1.82) is 0 Å². The molecule has 1 aromatic heterocycles. The first-order valence-electron chi connectivity index (χ1n) is 9.88. The third kappa shape index (κ3) is 2.81. The van der Waals surface area contributed by atoms with E-state index in [1.165, 1.54) is 32.0 Å². The van der Waals surface area contributed by atoms with Gasteiger partial charge in [0.05, 0.1) is 5.41 Å². The average Bonchev–Trinajstić information content (AvgIpc) is 3.21. The largest absolute Gasteiger partial charge is 0.312 e. The van der Waals surface area contributed by atoms with Crippen LogP contribution in [0.4, 0.5) is 0 Å². The second kappa shape index (κ2) is 7.38. The van der Waals surface area contributed by atoms with Crippen LogP contribution in [0.3, 0.4) is 0 Å². The van der Waals surface area contributed by atoms with Crippen molar-refractivity contribution in [2.45, 2.75) is 18.4 Å². The third-order valence-electron chi connectivity index (χ3n) is 5.73. The molecule has 0 spiro atoms. The minimum absolute atomic E-state index is 0.300. The van der Waals surface area contributed by atoms with Crippen LogP contribution in [0.1, 0.15) is 32.0 Å². The molecule has 2 heterocycles. The molecule has 1 aliphatic rings. The van der Waals surface area contributed by atoms with Crippen molar-refractivity contribution in [2.75, 3.05) is 6.54 Å². The van der Waals surface area contributed by atoms with Crippen molar-refractivity contribution in [3.8, 4) is 0 Å². The van der Waals surface area contributed by atoms with E-state index in [4.69, 9.17) is 0 Å². The molecule has 2 heteroatoms. The van der Waals surface area contributed by atoms with E-state index in [2.05, 4.69) is 102 Å². The predicted octanol–water partition coefficient (Wildman–Crippen LogP) is 5.78. The van der Waals surface area contributed by atoms with E-state index in [0.717, 1.165) is 19.5 Å². The van der Waals surface area contributed by atoms with Gasteiger partial charge in [-0.1, -0.05) is 91.0 Å². The van der Waals surface area contributed by atoms with E-state index in [9.17, 15) is 0 Å². The number of hydrogen-bond acceptors (Lipinski definition) is 2. The van der Waals surface area contributed by atoms with Crippen LogP contribution in [0.25, 0.3) is 0 Å². The van der Waals surface area contributed by atoms with Gasteiger partial charge in [-0.3, -0.25) is 0 Å². The summed E-state index contributed by atoms with van der Waals surface area (Å²) in [7, 11) is 0. The van der Waals surface area contributed by atoms with Gasteiger partial charge in [-0.15, -0.1) is 11.3 Å². The molecular weight excluding hydrogens is 358 g/mol. The van der Waals surface area contributed by atoms with E-state index < -0.39 is 0 Å². The van der Waals surface area contributed by atoms with E-state index in [1.807, 2.05) is 11.3 Å². The summed E-state index contributed by atoms with van der Waals surface area (Å²) in [6.45, 7) is 2.04. The fraction of sp³-hybridized carbons (Fsp3) is 0.154. The Bertz CT molecular complexity index is 931. The molecule has 28 heavy (non-hydrogen) atoms. The lowest BCUT2D eigenvalue weighted by atomic mass is 9.68. The minimum atomic E-state index is -0.300. The van der Waals surface area contributed by atoms with Crippen LogP contribution in [0.15, 0.2) is 97.1 Å². The molecule has 1 N–H and O–H groups in total. The highest BCUT2D eigenvalue weighted by molar-refractivity contribution is 7.12. The zero-order chi connectivity index (χ0) is 18.8. The minimum Gasteiger partial charge on any atom is -0.312 e. The van der Waals surface area contributed by atoms with Gasteiger partial charge >= 0.3 is 0 Å². The molecule has 0 saturated heterocycles. The Morgan fingerprint density at radius 1 is 0.679 bits per heavy atom. The molecule has 5 rings (SSSR count). The molecule has 1 nitrogen and oxygen atoms in total. The van der Waals surface area contributed by atoms with Crippen LogP contribution in [-0.2, 0) is 18.4 Å². The van der Waals surface area contributed by atoms with Crippen LogP contribution in [0.2, 0.25) is 0 Å². The van der Waals surface area contributed by atoms with Gasteiger partial charge in [-0.2, -0.15) is 0 Å². The van der Waals surface area contributed by atoms with Gasteiger partial charge in [-0.05, 0) is 34.7 Å². The molecule has 0 amide bonds. The van der Waals surface area contributed by atoms with Gasteiger partial charge in [0.1, 0.15) is 0 Å². The number of thiophene rings is 1. The first-order chi connectivity index (χ1) is 13.9. The van der Waals surface area contributed by atoms with Crippen LogP contribution in [-0.4, -0.2) is 6.54 Å². The molecule has 0 radical (unpaired) electrons. The summed E-state index contributed by atoms with van der Waals surface area (Å²) >= 11 is 1.99. The fourth-order valence-electron chi connectivity index (χ4n) is 4.43. The first kappa shape index (κ1) is 17.4. The second-order valence-corrected chi connectivity index (χ2v) is 8.47. The van der Waals surface area contributed by atoms with Crippen molar-refractivity contribution in [1.82, 2.24) is 5.32 Å². The van der Waals surface area contributed by atoms with Gasteiger partial charge in [-0.25, -0.2) is 0 Å². The Hall–Kier alpha value is -2.68. The van der Waals surface area contributed by atoms with Gasteiger partial charge in [0.2, 0.25) is 0 Å².